The molecule has 17 N–H and O–H groups in total. The lowest BCUT2D eigenvalue weighted by molar-refractivity contribution is -0.134. The number of rotatable bonds is 16. The molecule has 3 rings (SSSR count). The van der Waals surface area contributed by atoms with E-state index >= 15 is 0 Å². The Morgan fingerprint density at radius 1 is 0.769 bits per heavy atom. The summed E-state index contributed by atoms with van der Waals surface area (Å²) in [6.45, 7) is 1.23. The number of hydrogen-bond donors (Lipinski definition) is 12. The van der Waals surface area contributed by atoms with Crippen LogP contribution in [0.1, 0.15) is 49.7 Å². The van der Waals surface area contributed by atoms with Crippen LogP contribution < -0.4 is 55.3 Å². The van der Waals surface area contributed by atoms with Crippen molar-refractivity contribution in [1.82, 2.24) is 26.6 Å². The van der Waals surface area contributed by atoms with Crippen molar-refractivity contribution in [3.63, 3.8) is 0 Å². The number of nitrogens with one attached hydrogen (secondary N) is 5. The van der Waals surface area contributed by atoms with Crippen LogP contribution in [0, 0.1) is 0 Å². The smallest absolute Gasteiger partial charge is 0.243 e. The molecule has 52 heavy (non-hydrogen) atoms. The number of carbonyl (C=O) groups is 5. The number of benzene rings is 2. The second kappa shape index (κ2) is 20.9. The average molecular weight is 727 g/mol. The zero-order chi connectivity index (χ0) is 38.2. The van der Waals surface area contributed by atoms with E-state index in [1.54, 1.807) is 24.3 Å². The Labute approximate surface area is 303 Å². The minimum absolute atomic E-state index is 0.0319. The van der Waals surface area contributed by atoms with Crippen molar-refractivity contribution < 1.29 is 34.2 Å². The lowest BCUT2D eigenvalue weighted by Gasteiger charge is -2.26. The predicted octanol–water partition coefficient (Wildman–Crippen LogP) is -2.58. The first-order chi connectivity index (χ1) is 24.9. The van der Waals surface area contributed by atoms with E-state index < -0.39 is 53.8 Å². The van der Waals surface area contributed by atoms with Gasteiger partial charge in [0.25, 0.3) is 0 Å². The highest BCUT2D eigenvalue weighted by Crippen LogP contribution is 2.31. The Kier molecular flexibility index (Phi) is 16.7. The summed E-state index contributed by atoms with van der Waals surface area (Å²) in [4.78, 5) is 66.2. The molecule has 0 aromatic heterocycles. The molecular weight excluding hydrogens is 672 g/mol. The van der Waals surface area contributed by atoms with E-state index in [0.717, 1.165) is 0 Å². The third kappa shape index (κ3) is 12.4. The fourth-order valence-corrected chi connectivity index (χ4v) is 5.74. The zero-order valence-corrected chi connectivity index (χ0v) is 29.4. The van der Waals surface area contributed by atoms with Gasteiger partial charge in [-0.1, -0.05) is 12.1 Å². The first-order valence-electron chi connectivity index (χ1n) is 17.6. The number of phenolic OH excluding ortho intramolecular Hbond substituents is 2. The Morgan fingerprint density at radius 2 is 1.38 bits per heavy atom. The van der Waals surface area contributed by atoms with Gasteiger partial charge in [0.05, 0.1) is 12.1 Å². The second-order valence-corrected chi connectivity index (χ2v) is 12.9. The van der Waals surface area contributed by atoms with E-state index in [1.807, 2.05) is 0 Å². The largest absolute Gasteiger partial charge is 0.508 e. The van der Waals surface area contributed by atoms with Crippen molar-refractivity contribution in [1.29, 1.82) is 0 Å². The van der Waals surface area contributed by atoms with Gasteiger partial charge in [-0.25, -0.2) is 0 Å². The monoisotopic (exact) mass is 726 g/mol. The highest BCUT2D eigenvalue weighted by molar-refractivity contribution is 5.95. The molecule has 1 aliphatic rings. The maximum absolute atomic E-state index is 14.0. The fraction of sp³-hybridized carbons (Fsp3) is 0.514. The van der Waals surface area contributed by atoms with Gasteiger partial charge in [0.15, 0.2) is 0 Å². The maximum Gasteiger partial charge on any atom is 0.243 e. The van der Waals surface area contributed by atoms with Gasteiger partial charge in [-0.05, 0) is 98.1 Å². The van der Waals surface area contributed by atoms with E-state index in [4.69, 9.17) is 28.7 Å². The van der Waals surface area contributed by atoms with Crippen LogP contribution in [0.25, 0.3) is 11.1 Å². The molecule has 5 amide bonds. The van der Waals surface area contributed by atoms with Crippen molar-refractivity contribution in [3.05, 3.63) is 47.5 Å². The van der Waals surface area contributed by atoms with Gasteiger partial charge in [-0.3, -0.25) is 24.0 Å². The number of hydrogen-bond acceptors (Lipinski definition) is 12. The first-order valence-corrected chi connectivity index (χ1v) is 17.6. The molecule has 17 nitrogen and oxygen atoms in total. The van der Waals surface area contributed by atoms with Gasteiger partial charge >= 0.3 is 0 Å². The van der Waals surface area contributed by atoms with Crippen LogP contribution in [0.4, 0.5) is 0 Å². The summed E-state index contributed by atoms with van der Waals surface area (Å²) in [5.41, 5.74) is 31.0. The molecule has 1 heterocycles. The number of carbonyl (C=O) groups excluding carboxylic acids is 5. The maximum atomic E-state index is 14.0. The molecule has 286 valence electrons. The first kappa shape index (κ1) is 41.6. The van der Waals surface area contributed by atoms with Crippen LogP contribution in [0.15, 0.2) is 36.4 Å². The predicted molar refractivity (Wildman–Crippen MR) is 195 cm³/mol. The van der Waals surface area contributed by atoms with Gasteiger partial charge in [0.1, 0.15) is 29.6 Å². The summed E-state index contributed by atoms with van der Waals surface area (Å²) >= 11 is 0. The van der Waals surface area contributed by atoms with Crippen LogP contribution >= 0.6 is 0 Å². The van der Waals surface area contributed by atoms with Crippen LogP contribution in [0.2, 0.25) is 0 Å². The van der Waals surface area contributed by atoms with E-state index in [2.05, 4.69) is 26.6 Å². The summed E-state index contributed by atoms with van der Waals surface area (Å²) in [7, 11) is 0. The minimum atomic E-state index is -1.31. The molecule has 2 aromatic rings. The van der Waals surface area contributed by atoms with Gasteiger partial charge in [0.2, 0.25) is 29.5 Å². The van der Waals surface area contributed by atoms with Crippen molar-refractivity contribution >= 4 is 29.5 Å². The molecule has 0 saturated carbocycles. The number of aromatic hydroxyl groups is 2. The topological polar surface area (TPSA) is 316 Å². The summed E-state index contributed by atoms with van der Waals surface area (Å²) in [5, 5.41) is 34.9. The molecule has 0 aliphatic carbocycles. The molecule has 1 aliphatic heterocycles. The highest BCUT2D eigenvalue weighted by atomic mass is 16.3. The number of phenols is 2. The van der Waals surface area contributed by atoms with Crippen LogP contribution in [0.3, 0.4) is 0 Å². The van der Waals surface area contributed by atoms with Crippen LogP contribution in [-0.2, 0) is 36.8 Å². The molecule has 0 spiro atoms. The number of nitrogens with two attached hydrogens (primary N) is 5. The molecule has 0 unspecified atom stereocenters. The van der Waals surface area contributed by atoms with Crippen LogP contribution in [0.5, 0.6) is 11.5 Å². The second-order valence-electron chi connectivity index (χ2n) is 12.9. The Bertz CT molecular complexity index is 1540. The Balaban J connectivity index is 1.90. The van der Waals surface area contributed by atoms with E-state index in [-0.39, 0.29) is 69.3 Å². The summed E-state index contributed by atoms with van der Waals surface area (Å²) in [6.07, 6.45) is 1.54. The molecular formula is C35H54N10O7. The summed E-state index contributed by atoms with van der Waals surface area (Å²) in [6, 6.07) is 4.23. The molecule has 0 saturated heterocycles. The third-order valence-corrected chi connectivity index (χ3v) is 8.76. The lowest BCUT2D eigenvalue weighted by atomic mass is 9.95. The van der Waals surface area contributed by atoms with Crippen LogP contribution in [-0.4, -0.2) is 103 Å². The quantitative estimate of drug-likeness (QED) is 0.0794. The van der Waals surface area contributed by atoms with Gasteiger partial charge in [-0.2, -0.15) is 0 Å². The van der Waals surface area contributed by atoms with Crippen molar-refractivity contribution in [3.8, 4) is 22.6 Å². The summed E-state index contributed by atoms with van der Waals surface area (Å²) < 4.78 is 0. The van der Waals surface area contributed by atoms with Gasteiger partial charge in [0, 0.05) is 32.5 Å². The zero-order valence-electron chi connectivity index (χ0n) is 29.4. The highest BCUT2D eigenvalue weighted by Gasteiger charge is 2.31. The third-order valence-electron chi connectivity index (χ3n) is 8.76. The normalized spacial score (nSPS) is 18.8. The molecule has 0 radical (unpaired) electrons. The molecule has 2 aromatic carbocycles. The lowest BCUT2D eigenvalue weighted by Crippen LogP contribution is -2.58. The van der Waals surface area contributed by atoms with Crippen molar-refractivity contribution in [2.45, 2.75) is 81.6 Å². The number of amides is 5. The van der Waals surface area contributed by atoms with E-state index in [0.29, 0.717) is 54.5 Å². The SMILES string of the molecule is NCCC[C@@H]1NC(=O)[C@@H](N)Cc2cc(ccc2O)-c2ccc(O)c(c2)C[C@@H](C(=O)N[C@H](CCCN)C(=O)NCCC[C@H](N)C(=O)NCCN)NC1=O. The standard InChI is InChI=1S/C35H54N10O7/c36-11-1-5-26(33(50)41-14-3-4-24(39)31(48)42-15-13-38)44-35(52)28-19-23-17-21(8-10-30(23)47)20-7-9-29(46)22(16-20)18-25(40)32(49)43-27(6-2-12-37)34(51)45-28/h7-10,16-17,24-28,46-47H,1-6,11-15,18-19,36-40H2,(H,41,50)(H,42,48)(H,43,49)(H,44,52)(H,45,51)/t24-,25-,26+,27-,28-/m0/s1. The summed E-state index contributed by atoms with van der Waals surface area (Å²) in [5.74, 6) is -3.10. The Morgan fingerprint density at radius 3 is 2.00 bits per heavy atom. The fourth-order valence-electron chi connectivity index (χ4n) is 5.74. The molecule has 4 bridgehead atoms. The van der Waals surface area contributed by atoms with E-state index in [9.17, 15) is 34.2 Å². The Hall–Kier alpha value is -4.81. The van der Waals surface area contributed by atoms with Crippen molar-refractivity contribution in [2.24, 2.45) is 28.7 Å². The minimum Gasteiger partial charge on any atom is -0.508 e. The van der Waals surface area contributed by atoms with Gasteiger partial charge < -0.3 is 65.5 Å². The van der Waals surface area contributed by atoms with E-state index in [1.165, 1.54) is 12.1 Å². The van der Waals surface area contributed by atoms with Crippen molar-refractivity contribution in [2.75, 3.05) is 32.7 Å². The average Bonchev–Trinajstić information content (AvgIpc) is 3.13. The number of fused-ring (bicyclic) bond motifs is 5. The molecule has 17 heteroatoms. The molecule has 5 atom stereocenters. The molecule has 0 fully saturated rings. The van der Waals surface area contributed by atoms with Gasteiger partial charge in [-0.15, -0.1) is 0 Å².